The standard InChI is InChI=1S/C15H19BrN4OS.C9H18O.C2H6.CO2/c1-9-4-5-11(6-13(9)22-3)19-15-17-7-12(16)14(20-15)18-10(2)8-21;1-4-7-9(6-3)10-8-5-2;1-2;2-1-3/h4-7,10,21H,8H2,1-3H3,(H2,17,18,19,20);7H,4-6,8H2,1-3H3;1-2H3;/b;9-7-;;. The third-order valence-corrected chi connectivity index (χ3v) is 5.80. The van der Waals surface area contributed by atoms with Crippen LogP contribution in [0.2, 0.25) is 0 Å². The Kier molecular flexibility index (Phi) is 23.8. The van der Waals surface area contributed by atoms with Crippen molar-refractivity contribution in [3.05, 3.63) is 46.3 Å². The van der Waals surface area contributed by atoms with Crippen LogP contribution < -0.4 is 10.6 Å². The number of nitrogens with one attached hydrogen (secondary N) is 2. The molecule has 1 aromatic carbocycles. The van der Waals surface area contributed by atoms with E-state index in [1.807, 2.05) is 26.8 Å². The zero-order valence-electron chi connectivity index (χ0n) is 23.4. The normalized spacial score (nSPS) is 10.7. The van der Waals surface area contributed by atoms with Crippen LogP contribution in [0.4, 0.5) is 17.5 Å². The van der Waals surface area contributed by atoms with E-state index in [1.165, 1.54) is 10.5 Å². The minimum atomic E-state index is -0.0819. The summed E-state index contributed by atoms with van der Waals surface area (Å²) in [6.45, 7) is 15.2. The Bertz CT molecular complexity index is 939. The number of aliphatic hydroxyl groups is 1. The molecule has 1 unspecified atom stereocenters. The van der Waals surface area contributed by atoms with Gasteiger partial charge in [0.05, 0.1) is 23.4 Å². The Morgan fingerprint density at radius 3 is 2.43 bits per heavy atom. The lowest BCUT2D eigenvalue weighted by Crippen LogP contribution is -2.20. The Hall–Kier alpha value is -2.39. The quantitative estimate of drug-likeness (QED) is 0.180. The van der Waals surface area contributed by atoms with Gasteiger partial charge in [-0.3, -0.25) is 0 Å². The maximum atomic E-state index is 9.14. The third-order valence-electron chi connectivity index (χ3n) is 4.34. The number of carbonyl (C=O) groups excluding carboxylic acids is 2. The van der Waals surface area contributed by atoms with Crippen molar-refractivity contribution in [3.8, 4) is 0 Å². The number of ether oxygens (including phenoxy) is 1. The van der Waals surface area contributed by atoms with Gasteiger partial charge in [0.2, 0.25) is 5.95 Å². The highest BCUT2D eigenvalue weighted by molar-refractivity contribution is 9.10. The second-order valence-electron chi connectivity index (χ2n) is 7.29. The van der Waals surface area contributed by atoms with E-state index in [0.717, 1.165) is 41.8 Å². The second-order valence-corrected chi connectivity index (χ2v) is 8.99. The van der Waals surface area contributed by atoms with Gasteiger partial charge >= 0.3 is 6.15 Å². The molecule has 0 saturated carbocycles. The lowest BCUT2D eigenvalue weighted by Gasteiger charge is -2.14. The zero-order valence-corrected chi connectivity index (χ0v) is 25.8. The summed E-state index contributed by atoms with van der Waals surface area (Å²) in [5.41, 5.74) is 2.19. The summed E-state index contributed by atoms with van der Waals surface area (Å²) in [5, 5.41) is 15.5. The van der Waals surface area contributed by atoms with Gasteiger partial charge in [0, 0.05) is 29.2 Å². The largest absolute Gasteiger partial charge is 0.498 e. The van der Waals surface area contributed by atoms with E-state index >= 15 is 0 Å². The first-order valence-corrected chi connectivity index (χ1v) is 14.4. The predicted octanol–water partition coefficient (Wildman–Crippen LogP) is 7.37. The SMILES string of the molecule is CC.CC/C=C(/CC)OCCC.CSc1cc(Nc2ncc(Br)c(NC(C)CO)n2)ccc1C.O=C=O. The Morgan fingerprint density at radius 2 is 1.92 bits per heavy atom. The van der Waals surface area contributed by atoms with Crippen LogP contribution in [0, 0.1) is 6.92 Å². The Balaban J connectivity index is 0. The van der Waals surface area contributed by atoms with E-state index in [0.29, 0.717) is 11.8 Å². The first kappa shape index (κ1) is 36.8. The number of aryl methyl sites for hydroxylation is 1. The zero-order chi connectivity index (χ0) is 28.6. The van der Waals surface area contributed by atoms with Crippen molar-refractivity contribution < 1.29 is 19.4 Å². The summed E-state index contributed by atoms with van der Waals surface area (Å²) in [4.78, 5) is 26.2. The molecule has 0 aliphatic rings. The number of nitrogens with zero attached hydrogens (tertiary/aromatic N) is 2. The fraction of sp³-hybridized carbons (Fsp3) is 0.519. The van der Waals surface area contributed by atoms with Crippen molar-refractivity contribution in [1.82, 2.24) is 9.97 Å². The van der Waals surface area contributed by atoms with E-state index in [-0.39, 0.29) is 18.8 Å². The summed E-state index contributed by atoms with van der Waals surface area (Å²) in [6.07, 6.45) is 9.34. The van der Waals surface area contributed by atoms with Crippen LogP contribution in [0.15, 0.2) is 45.6 Å². The molecule has 37 heavy (non-hydrogen) atoms. The van der Waals surface area contributed by atoms with Crippen molar-refractivity contribution in [1.29, 1.82) is 0 Å². The molecule has 208 valence electrons. The van der Waals surface area contributed by atoms with Gasteiger partial charge in [-0.2, -0.15) is 14.6 Å². The monoisotopic (exact) mass is 598 g/mol. The van der Waals surface area contributed by atoms with E-state index in [2.05, 4.69) is 88.7 Å². The Morgan fingerprint density at radius 1 is 1.27 bits per heavy atom. The molecule has 1 aromatic heterocycles. The van der Waals surface area contributed by atoms with Crippen LogP contribution >= 0.6 is 27.7 Å². The van der Waals surface area contributed by atoms with Crippen molar-refractivity contribution in [2.24, 2.45) is 0 Å². The number of halogens is 1. The fourth-order valence-corrected chi connectivity index (χ4v) is 3.54. The van der Waals surface area contributed by atoms with E-state index in [9.17, 15) is 0 Å². The third kappa shape index (κ3) is 16.9. The highest BCUT2D eigenvalue weighted by Crippen LogP contribution is 2.26. The fourth-order valence-electron chi connectivity index (χ4n) is 2.60. The van der Waals surface area contributed by atoms with Crippen LogP contribution in [0.3, 0.4) is 0 Å². The number of rotatable bonds is 11. The van der Waals surface area contributed by atoms with E-state index in [4.69, 9.17) is 19.4 Å². The number of anilines is 3. The van der Waals surface area contributed by atoms with Crippen molar-refractivity contribution in [2.75, 3.05) is 30.1 Å². The van der Waals surface area contributed by atoms with E-state index < -0.39 is 0 Å². The van der Waals surface area contributed by atoms with E-state index in [1.54, 1.807) is 18.0 Å². The summed E-state index contributed by atoms with van der Waals surface area (Å²) < 4.78 is 6.20. The molecular formula is C27H43BrN4O4S. The molecule has 0 spiro atoms. The molecule has 0 aliphatic heterocycles. The van der Waals surface area contributed by atoms with Gasteiger partial charge in [0.25, 0.3) is 0 Å². The molecule has 2 aromatic rings. The number of hydrogen-bond acceptors (Lipinski definition) is 9. The second kappa shape index (κ2) is 24.0. The molecule has 0 aliphatic carbocycles. The molecule has 1 heterocycles. The molecule has 3 N–H and O–H groups in total. The maximum absolute atomic E-state index is 9.14. The molecule has 8 nitrogen and oxygen atoms in total. The number of allylic oxidation sites excluding steroid dienone is 2. The molecule has 0 saturated heterocycles. The van der Waals surface area contributed by atoms with Crippen LogP contribution in [-0.2, 0) is 14.3 Å². The lowest BCUT2D eigenvalue weighted by atomic mass is 10.2. The van der Waals surface area contributed by atoms with Gasteiger partial charge in [-0.05, 0) is 72.6 Å². The van der Waals surface area contributed by atoms with Crippen molar-refractivity contribution in [2.45, 2.75) is 78.7 Å². The average Bonchev–Trinajstić information content (AvgIpc) is 2.91. The number of aromatic nitrogens is 2. The molecule has 0 radical (unpaired) electrons. The van der Waals surface area contributed by atoms with Gasteiger partial charge < -0.3 is 20.5 Å². The maximum Gasteiger partial charge on any atom is 0.373 e. The Labute approximate surface area is 235 Å². The average molecular weight is 600 g/mol. The highest BCUT2D eigenvalue weighted by Gasteiger charge is 2.09. The van der Waals surface area contributed by atoms with Crippen molar-refractivity contribution >= 4 is 51.3 Å². The van der Waals surface area contributed by atoms with Crippen LogP contribution in [0.5, 0.6) is 0 Å². The topological polar surface area (TPSA) is 113 Å². The summed E-state index contributed by atoms with van der Waals surface area (Å²) in [6, 6.07) is 6.07. The molecule has 0 bridgehead atoms. The van der Waals surface area contributed by atoms with Gasteiger partial charge in [0.1, 0.15) is 5.82 Å². The minimum Gasteiger partial charge on any atom is -0.498 e. The predicted molar refractivity (Wildman–Crippen MR) is 157 cm³/mol. The van der Waals surface area contributed by atoms with Crippen LogP contribution in [-0.4, -0.2) is 46.7 Å². The van der Waals surface area contributed by atoms with Gasteiger partial charge in [0.15, 0.2) is 0 Å². The van der Waals surface area contributed by atoms with Crippen LogP contribution in [0.25, 0.3) is 0 Å². The summed E-state index contributed by atoms with van der Waals surface area (Å²) >= 11 is 5.11. The van der Waals surface area contributed by atoms with Crippen molar-refractivity contribution in [3.63, 3.8) is 0 Å². The number of aliphatic hydroxyl groups excluding tert-OH is 1. The molecule has 1 atom stereocenters. The molecule has 10 heteroatoms. The van der Waals surface area contributed by atoms with Gasteiger partial charge in [-0.25, -0.2) is 4.98 Å². The number of thioether (sulfide) groups is 1. The lowest BCUT2D eigenvalue weighted by molar-refractivity contribution is -0.191. The highest BCUT2D eigenvalue weighted by atomic mass is 79.9. The molecule has 0 fully saturated rings. The van der Waals surface area contributed by atoms with Gasteiger partial charge in [-0.15, -0.1) is 11.8 Å². The van der Waals surface area contributed by atoms with Gasteiger partial charge in [-0.1, -0.05) is 40.7 Å². The molecule has 0 amide bonds. The smallest absolute Gasteiger partial charge is 0.373 e. The first-order chi connectivity index (χ1) is 17.8. The number of hydrogen-bond donors (Lipinski definition) is 3. The minimum absolute atomic E-state index is 0.0360. The first-order valence-electron chi connectivity index (χ1n) is 12.4. The van der Waals surface area contributed by atoms with Crippen LogP contribution in [0.1, 0.15) is 66.4 Å². The summed E-state index contributed by atoms with van der Waals surface area (Å²) in [7, 11) is 0. The molecule has 2 rings (SSSR count). The summed E-state index contributed by atoms with van der Waals surface area (Å²) in [5.74, 6) is 2.30. The number of benzene rings is 1. The molecular weight excluding hydrogens is 556 g/mol.